The highest BCUT2D eigenvalue weighted by molar-refractivity contribution is 7.09. The van der Waals surface area contributed by atoms with Crippen LogP contribution in [-0.2, 0) is 13.1 Å². The summed E-state index contributed by atoms with van der Waals surface area (Å²) in [7, 11) is 1.82. The predicted molar refractivity (Wildman–Crippen MR) is 93.7 cm³/mol. The number of carbonyl (C=O) groups excluding carboxylic acids is 1. The number of aromatic nitrogens is 1. The maximum atomic E-state index is 12.5. The van der Waals surface area contributed by atoms with Gasteiger partial charge in [-0.25, -0.2) is 4.98 Å². The Labute approximate surface area is 140 Å². The molecule has 2 aromatic rings. The van der Waals surface area contributed by atoms with Gasteiger partial charge < -0.3 is 15.5 Å². The summed E-state index contributed by atoms with van der Waals surface area (Å²) in [5.41, 5.74) is 8.47. The van der Waals surface area contributed by atoms with E-state index in [0.717, 1.165) is 18.1 Å². The molecule has 0 bridgehead atoms. The van der Waals surface area contributed by atoms with Gasteiger partial charge in [-0.15, -0.1) is 11.3 Å². The standard InChI is InChI=1S/C17H22N4OS/c1-20(17(22)14-12-23-16(10-18)19-14)11-13-6-2-3-7-15(13)21-8-4-5-9-21/h2-3,6-7,12H,4-5,8-11,18H2,1H3. The van der Waals surface area contributed by atoms with Gasteiger partial charge in [0.25, 0.3) is 5.91 Å². The van der Waals surface area contributed by atoms with Gasteiger partial charge in [-0.05, 0) is 24.5 Å². The predicted octanol–water partition coefficient (Wildman–Crippen LogP) is 2.47. The number of benzene rings is 1. The fourth-order valence-electron chi connectivity index (χ4n) is 2.94. The lowest BCUT2D eigenvalue weighted by Gasteiger charge is -2.24. The molecule has 5 nitrogen and oxygen atoms in total. The number of hydrogen-bond donors (Lipinski definition) is 1. The van der Waals surface area contributed by atoms with Gasteiger partial charge in [0.1, 0.15) is 10.7 Å². The second-order valence-corrected chi connectivity index (χ2v) is 6.76. The van der Waals surface area contributed by atoms with E-state index in [9.17, 15) is 4.79 Å². The smallest absolute Gasteiger partial charge is 0.273 e. The van der Waals surface area contributed by atoms with Gasteiger partial charge in [0.15, 0.2) is 0 Å². The number of rotatable bonds is 5. The van der Waals surface area contributed by atoms with Crippen LogP contribution in [0.25, 0.3) is 0 Å². The molecule has 0 spiro atoms. The Morgan fingerprint density at radius 2 is 2.09 bits per heavy atom. The van der Waals surface area contributed by atoms with E-state index in [4.69, 9.17) is 5.73 Å². The zero-order valence-electron chi connectivity index (χ0n) is 13.4. The van der Waals surface area contributed by atoms with Crippen LogP contribution in [0.4, 0.5) is 5.69 Å². The van der Waals surface area contributed by atoms with E-state index in [1.807, 2.05) is 13.1 Å². The van der Waals surface area contributed by atoms with Crippen molar-refractivity contribution in [1.82, 2.24) is 9.88 Å². The summed E-state index contributed by atoms with van der Waals surface area (Å²) in [4.78, 5) is 20.9. The van der Waals surface area contributed by atoms with E-state index in [2.05, 4.69) is 28.1 Å². The lowest BCUT2D eigenvalue weighted by Crippen LogP contribution is -2.28. The summed E-state index contributed by atoms with van der Waals surface area (Å²) >= 11 is 1.43. The molecule has 0 aliphatic carbocycles. The van der Waals surface area contributed by atoms with Crippen LogP contribution in [-0.4, -0.2) is 35.9 Å². The van der Waals surface area contributed by atoms with Crippen LogP contribution in [0.5, 0.6) is 0 Å². The quantitative estimate of drug-likeness (QED) is 0.915. The topological polar surface area (TPSA) is 62.5 Å². The number of carbonyl (C=O) groups is 1. The largest absolute Gasteiger partial charge is 0.371 e. The molecule has 1 aromatic heterocycles. The number of nitrogens with two attached hydrogens (primary N) is 1. The Bertz CT molecular complexity index is 679. The summed E-state index contributed by atoms with van der Waals surface area (Å²) in [6, 6.07) is 8.34. The first-order chi connectivity index (χ1) is 11.2. The van der Waals surface area contributed by atoms with Gasteiger partial charge in [0.2, 0.25) is 0 Å². The molecule has 1 amide bonds. The monoisotopic (exact) mass is 330 g/mol. The molecule has 2 heterocycles. The first-order valence-corrected chi connectivity index (χ1v) is 8.80. The fourth-order valence-corrected chi connectivity index (χ4v) is 3.59. The fraction of sp³-hybridized carbons (Fsp3) is 0.412. The molecule has 1 saturated heterocycles. The molecule has 1 aliphatic rings. The molecule has 3 rings (SSSR count). The SMILES string of the molecule is CN(Cc1ccccc1N1CCCC1)C(=O)c1csc(CN)n1. The molecular weight excluding hydrogens is 308 g/mol. The van der Waals surface area contributed by atoms with Crippen molar-refractivity contribution < 1.29 is 4.79 Å². The molecule has 0 radical (unpaired) electrons. The van der Waals surface area contributed by atoms with E-state index in [1.54, 1.807) is 10.3 Å². The zero-order valence-corrected chi connectivity index (χ0v) is 14.2. The number of anilines is 1. The number of para-hydroxylation sites is 1. The Morgan fingerprint density at radius 3 is 2.78 bits per heavy atom. The van der Waals surface area contributed by atoms with Crippen molar-refractivity contribution in [3.63, 3.8) is 0 Å². The maximum Gasteiger partial charge on any atom is 0.273 e. The Hall–Kier alpha value is -1.92. The number of hydrogen-bond acceptors (Lipinski definition) is 5. The van der Waals surface area contributed by atoms with Crippen LogP contribution in [0.1, 0.15) is 33.9 Å². The number of thiazole rings is 1. The summed E-state index contributed by atoms with van der Waals surface area (Å²) in [6.07, 6.45) is 2.48. The Morgan fingerprint density at radius 1 is 1.35 bits per heavy atom. The molecule has 2 N–H and O–H groups in total. The molecule has 0 saturated carbocycles. The average Bonchev–Trinajstić information content (AvgIpc) is 3.26. The molecule has 1 fully saturated rings. The van der Waals surface area contributed by atoms with Gasteiger partial charge in [0.05, 0.1) is 0 Å². The summed E-state index contributed by atoms with van der Waals surface area (Å²) < 4.78 is 0. The van der Waals surface area contributed by atoms with Crippen LogP contribution in [0.2, 0.25) is 0 Å². The molecule has 1 aliphatic heterocycles. The summed E-state index contributed by atoms with van der Waals surface area (Å²) in [5, 5.41) is 2.58. The van der Waals surface area contributed by atoms with E-state index in [-0.39, 0.29) is 5.91 Å². The van der Waals surface area contributed by atoms with Crippen molar-refractivity contribution in [3.05, 3.63) is 45.9 Å². The van der Waals surface area contributed by atoms with Crippen LogP contribution < -0.4 is 10.6 Å². The van der Waals surface area contributed by atoms with Gasteiger partial charge in [0, 0.05) is 44.3 Å². The molecule has 122 valence electrons. The number of nitrogens with zero attached hydrogens (tertiary/aromatic N) is 3. The lowest BCUT2D eigenvalue weighted by molar-refractivity contribution is 0.0780. The zero-order chi connectivity index (χ0) is 16.2. The summed E-state index contributed by atoms with van der Waals surface area (Å²) in [5.74, 6) is -0.0582. The highest BCUT2D eigenvalue weighted by atomic mass is 32.1. The number of amides is 1. The third-order valence-corrected chi connectivity index (χ3v) is 5.01. The van der Waals surface area contributed by atoms with E-state index >= 15 is 0 Å². The minimum absolute atomic E-state index is 0.0582. The van der Waals surface area contributed by atoms with Crippen molar-refractivity contribution in [2.24, 2.45) is 5.73 Å². The van der Waals surface area contributed by atoms with Crippen LogP contribution in [0, 0.1) is 0 Å². The van der Waals surface area contributed by atoms with E-state index < -0.39 is 0 Å². The van der Waals surface area contributed by atoms with Gasteiger partial charge in [-0.1, -0.05) is 18.2 Å². The van der Waals surface area contributed by atoms with E-state index in [0.29, 0.717) is 18.8 Å². The van der Waals surface area contributed by atoms with Crippen molar-refractivity contribution >= 4 is 22.9 Å². The molecule has 23 heavy (non-hydrogen) atoms. The Balaban J connectivity index is 1.74. The molecule has 1 aromatic carbocycles. The molecule has 0 unspecified atom stereocenters. The molecule has 6 heteroatoms. The second-order valence-electron chi connectivity index (χ2n) is 5.81. The highest BCUT2D eigenvalue weighted by Gasteiger charge is 2.19. The van der Waals surface area contributed by atoms with Gasteiger partial charge >= 0.3 is 0 Å². The van der Waals surface area contributed by atoms with E-state index in [1.165, 1.54) is 35.4 Å². The first kappa shape index (κ1) is 16.0. The molecular formula is C17H22N4OS. The normalized spacial score (nSPS) is 14.3. The van der Waals surface area contributed by atoms with Crippen molar-refractivity contribution in [1.29, 1.82) is 0 Å². The lowest BCUT2D eigenvalue weighted by atomic mass is 10.1. The van der Waals surface area contributed by atoms with Gasteiger partial charge in [-0.3, -0.25) is 4.79 Å². The van der Waals surface area contributed by atoms with Crippen LogP contribution >= 0.6 is 11.3 Å². The summed E-state index contributed by atoms with van der Waals surface area (Å²) in [6.45, 7) is 3.15. The Kier molecular flexibility index (Phi) is 4.93. The maximum absolute atomic E-state index is 12.5. The highest BCUT2D eigenvalue weighted by Crippen LogP contribution is 2.25. The minimum Gasteiger partial charge on any atom is -0.371 e. The van der Waals surface area contributed by atoms with Crippen molar-refractivity contribution in [3.8, 4) is 0 Å². The van der Waals surface area contributed by atoms with Crippen LogP contribution in [0.3, 0.4) is 0 Å². The van der Waals surface area contributed by atoms with Crippen molar-refractivity contribution in [2.45, 2.75) is 25.9 Å². The second kappa shape index (κ2) is 7.10. The van der Waals surface area contributed by atoms with Gasteiger partial charge in [-0.2, -0.15) is 0 Å². The third-order valence-electron chi connectivity index (χ3n) is 4.14. The van der Waals surface area contributed by atoms with Crippen molar-refractivity contribution in [2.75, 3.05) is 25.0 Å². The molecule has 0 atom stereocenters. The third kappa shape index (κ3) is 3.54. The average molecular weight is 330 g/mol. The first-order valence-electron chi connectivity index (χ1n) is 7.92. The van der Waals surface area contributed by atoms with Crippen LogP contribution in [0.15, 0.2) is 29.6 Å². The minimum atomic E-state index is -0.0582.